The first kappa shape index (κ1) is 37.3. The Bertz CT molecular complexity index is 585. The van der Waals surface area contributed by atoms with Crippen molar-refractivity contribution in [3.05, 3.63) is 0 Å². The van der Waals surface area contributed by atoms with Crippen molar-refractivity contribution in [1.82, 2.24) is 0 Å². The van der Waals surface area contributed by atoms with Crippen LogP contribution in [0.4, 0.5) is 0 Å². The standard InChI is InChI=1S/C6H14N4O2.C6H13NO2.C3H7NO3.C2H5NO2/c7-4(5(11)12)2-1-3-10-6(8)9;1-4(2)3-5(7)6(8)9;4-2(1-5)3(6)7;3-1-2(4)5/h4H,1-3,7H2,(H,11,12)(H4,8,9,10);4-5H,3,7H2,1-2H3,(H,8,9);2,5H,1,4H2,(H,6,7);1,3H2,(H,4,5). The van der Waals surface area contributed by atoms with Crippen LogP contribution in [0, 0.1) is 5.92 Å². The second-order valence-electron chi connectivity index (χ2n) is 6.69. The van der Waals surface area contributed by atoms with E-state index >= 15 is 0 Å². The number of aliphatic hydroxyl groups is 1. The zero-order chi connectivity index (χ0) is 27.1. The summed E-state index contributed by atoms with van der Waals surface area (Å²) in [4.78, 5) is 42.9. The van der Waals surface area contributed by atoms with Crippen molar-refractivity contribution in [1.29, 1.82) is 0 Å². The van der Waals surface area contributed by atoms with Crippen molar-refractivity contribution in [3.63, 3.8) is 0 Å². The van der Waals surface area contributed by atoms with Crippen molar-refractivity contribution in [3.8, 4) is 0 Å². The highest BCUT2D eigenvalue weighted by Crippen LogP contribution is 2.01. The van der Waals surface area contributed by atoms with Crippen LogP contribution < -0.4 is 34.4 Å². The molecule has 0 fully saturated rings. The van der Waals surface area contributed by atoms with Crippen LogP contribution in [-0.2, 0) is 19.2 Å². The maximum Gasteiger partial charge on any atom is 0.322 e. The Morgan fingerprint density at radius 2 is 1.21 bits per heavy atom. The van der Waals surface area contributed by atoms with Crippen LogP contribution in [0.3, 0.4) is 0 Å². The van der Waals surface area contributed by atoms with Gasteiger partial charge in [0.2, 0.25) is 0 Å². The molecule has 0 radical (unpaired) electrons. The Kier molecular flexibility index (Phi) is 26.7. The minimum atomic E-state index is -1.18. The third-order valence-electron chi connectivity index (χ3n) is 3.02. The number of nitrogens with two attached hydrogens (primary N) is 6. The maximum atomic E-state index is 10.2. The summed E-state index contributed by atoms with van der Waals surface area (Å²) in [5.74, 6) is -3.69. The monoisotopic (exact) mass is 485 g/mol. The lowest BCUT2D eigenvalue weighted by molar-refractivity contribution is -0.140. The van der Waals surface area contributed by atoms with Crippen molar-refractivity contribution in [2.75, 3.05) is 19.7 Å². The van der Waals surface area contributed by atoms with Crippen LogP contribution in [-0.4, -0.2) is 93.2 Å². The largest absolute Gasteiger partial charge is 0.480 e. The molecule has 3 unspecified atom stereocenters. The molecule has 17 N–H and O–H groups in total. The van der Waals surface area contributed by atoms with Gasteiger partial charge >= 0.3 is 23.9 Å². The van der Waals surface area contributed by atoms with E-state index in [4.69, 9.17) is 54.2 Å². The molecule has 0 amide bonds. The van der Waals surface area contributed by atoms with E-state index in [1.165, 1.54) is 0 Å². The van der Waals surface area contributed by atoms with Crippen LogP contribution in [0.5, 0.6) is 0 Å². The highest BCUT2D eigenvalue weighted by molar-refractivity contribution is 5.75. The second kappa shape index (κ2) is 23.6. The number of hydrogen-bond donors (Lipinski definition) is 11. The molecule has 0 saturated carbocycles. The number of aliphatic hydroxyl groups excluding tert-OH is 1. The van der Waals surface area contributed by atoms with Crippen LogP contribution in [0.25, 0.3) is 0 Å². The Labute approximate surface area is 191 Å². The summed E-state index contributed by atoms with van der Waals surface area (Å²) >= 11 is 0. The molecule has 0 aliphatic heterocycles. The van der Waals surface area contributed by atoms with E-state index in [-0.39, 0.29) is 12.5 Å². The lowest BCUT2D eigenvalue weighted by Crippen LogP contribution is -2.33. The molecule has 0 aromatic rings. The van der Waals surface area contributed by atoms with E-state index in [9.17, 15) is 19.2 Å². The number of aliphatic carboxylic acids is 4. The topological polar surface area (TPSA) is 338 Å². The van der Waals surface area contributed by atoms with Gasteiger partial charge in [-0.3, -0.25) is 24.2 Å². The first-order valence-electron chi connectivity index (χ1n) is 9.56. The van der Waals surface area contributed by atoms with E-state index < -0.39 is 48.6 Å². The summed E-state index contributed by atoms with van der Waals surface area (Å²) < 4.78 is 0. The van der Waals surface area contributed by atoms with Crippen LogP contribution in [0.1, 0.15) is 33.1 Å². The Balaban J connectivity index is -0.000000178. The van der Waals surface area contributed by atoms with Crippen LogP contribution >= 0.6 is 0 Å². The summed E-state index contributed by atoms with van der Waals surface area (Å²) in [6.07, 6.45) is 1.51. The summed E-state index contributed by atoms with van der Waals surface area (Å²) in [6, 6.07) is -2.64. The predicted octanol–water partition coefficient (Wildman–Crippen LogP) is -3.68. The van der Waals surface area contributed by atoms with Crippen LogP contribution in [0.15, 0.2) is 4.99 Å². The Hall–Kier alpha value is -3.05. The fourth-order valence-corrected chi connectivity index (χ4v) is 1.33. The van der Waals surface area contributed by atoms with Gasteiger partial charge in [0, 0.05) is 6.54 Å². The average Bonchev–Trinajstić information content (AvgIpc) is 2.70. The van der Waals surface area contributed by atoms with Crippen LogP contribution in [0.2, 0.25) is 0 Å². The molecule has 0 spiro atoms. The lowest BCUT2D eigenvalue weighted by atomic mass is 10.1. The third-order valence-corrected chi connectivity index (χ3v) is 3.02. The Morgan fingerprint density at radius 1 is 0.818 bits per heavy atom. The summed E-state index contributed by atoms with van der Waals surface area (Å²) in [5, 5.41) is 40.2. The van der Waals surface area contributed by atoms with Gasteiger partial charge in [0.05, 0.1) is 13.2 Å². The zero-order valence-corrected chi connectivity index (χ0v) is 18.8. The normalized spacial score (nSPS) is 12.1. The molecule has 0 aromatic carbocycles. The second-order valence-corrected chi connectivity index (χ2v) is 6.69. The number of nitrogens with zero attached hydrogens (tertiary/aromatic N) is 1. The van der Waals surface area contributed by atoms with Crippen molar-refractivity contribution < 1.29 is 44.7 Å². The van der Waals surface area contributed by atoms with E-state index in [1.807, 2.05) is 13.8 Å². The maximum absolute atomic E-state index is 10.2. The SMILES string of the molecule is CC(C)CC(N)C(=O)O.NC(CO)C(=O)O.NC(N)=NCCCC(N)C(=O)O.NCC(=O)O. The van der Waals surface area contributed by atoms with Gasteiger partial charge in [0.1, 0.15) is 18.1 Å². The molecule has 0 aliphatic carbocycles. The fourth-order valence-electron chi connectivity index (χ4n) is 1.33. The molecule has 0 aromatic heterocycles. The van der Waals surface area contributed by atoms with E-state index in [0.717, 1.165) is 0 Å². The molecular weight excluding hydrogens is 446 g/mol. The van der Waals surface area contributed by atoms with E-state index in [2.05, 4.69) is 10.7 Å². The quantitative estimate of drug-likeness (QED) is 0.0761. The smallest absolute Gasteiger partial charge is 0.322 e. The number of hydrogen-bond acceptors (Lipinski definition) is 10. The number of carboxylic acid groups (broad SMARTS) is 4. The summed E-state index contributed by atoms with van der Waals surface area (Å²) in [6.45, 7) is 3.53. The Morgan fingerprint density at radius 3 is 1.39 bits per heavy atom. The molecule has 0 aliphatic rings. The number of guanidine groups is 1. The van der Waals surface area contributed by atoms with Gasteiger partial charge in [-0.1, -0.05) is 13.8 Å². The van der Waals surface area contributed by atoms with Gasteiger partial charge in [-0.25, -0.2) is 0 Å². The minimum absolute atomic E-state index is 0.0129. The molecule has 16 nitrogen and oxygen atoms in total. The van der Waals surface area contributed by atoms with Gasteiger partial charge in [-0.15, -0.1) is 0 Å². The highest BCUT2D eigenvalue weighted by Gasteiger charge is 2.12. The lowest BCUT2D eigenvalue weighted by Gasteiger charge is -2.07. The zero-order valence-electron chi connectivity index (χ0n) is 18.8. The molecule has 16 heteroatoms. The fraction of sp³-hybridized carbons (Fsp3) is 0.706. The number of rotatable bonds is 11. The molecule has 33 heavy (non-hydrogen) atoms. The predicted molar refractivity (Wildman–Crippen MR) is 120 cm³/mol. The molecular formula is C17H39N7O9. The molecule has 3 atom stereocenters. The highest BCUT2D eigenvalue weighted by atomic mass is 16.4. The molecule has 0 bridgehead atoms. The minimum Gasteiger partial charge on any atom is -0.480 e. The average molecular weight is 486 g/mol. The van der Waals surface area contributed by atoms with Gasteiger partial charge in [-0.2, -0.15) is 0 Å². The third kappa shape index (κ3) is 36.7. The molecule has 0 rings (SSSR count). The summed E-state index contributed by atoms with van der Waals surface area (Å²) in [5.41, 5.74) is 29.9. The summed E-state index contributed by atoms with van der Waals surface area (Å²) in [7, 11) is 0. The van der Waals surface area contributed by atoms with Gasteiger partial charge in [-0.05, 0) is 25.2 Å². The number of carbonyl (C=O) groups is 4. The van der Waals surface area contributed by atoms with Crippen molar-refractivity contribution in [2.24, 2.45) is 45.3 Å². The molecule has 0 saturated heterocycles. The van der Waals surface area contributed by atoms with E-state index in [0.29, 0.717) is 31.7 Å². The first-order chi connectivity index (χ1) is 15.0. The first-order valence-corrected chi connectivity index (χ1v) is 9.56. The molecule has 0 heterocycles. The van der Waals surface area contributed by atoms with E-state index in [1.54, 1.807) is 0 Å². The molecule has 196 valence electrons. The number of aliphatic imine (C=N–C) groups is 1. The van der Waals surface area contributed by atoms with Gasteiger partial charge < -0.3 is 59.9 Å². The van der Waals surface area contributed by atoms with Gasteiger partial charge in [0.15, 0.2) is 5.96 Å². The van der Waals surface area contributed by atoms with Crippen molar-refractivity contribution in [2.45, 2.75) is 51.2 Å². The number of carboxylic acids is 4. The van der Waals surface area contributed by atoms with Gasteiger partial charge in [0.25, 0.3) is 0 Å². The van der Waals surface area contributed by atoms with Crippen molar-refractivity contribution >= 4 is 29.8 Å².